The molecule has 0 aliphatic heterocycles. The van der Waals surface area contributed by atoms with Crippen molar-refractivity contribution in [3.8, 4) is 23.0 Å². The molecule has 0 saturated carbocycles. The fraction of sp³-hybridized carbons (Fsp3) is 0.130. The Labute approximate surface area is 169 Å². The van der Waals surface area contributed by atoms with Crippen LogP contribution < -0.4 is 5.32 Å². The molecule has 4 nitrogen and oxygen atoms in total. The van der Waals surface area contributed by atoms with Gasteiger partial charge in [0.2, 0.25) is 0 Å². The maximum atomic E-state index is 12.8. The average molecular weight is 391 g/mol. The van der Waals surface area contributed by atoms with E-state index in [1.807, 2.05) is 42.5 Å². The van der Waals surface area contributed by atoms with Crippen LogP contribution in [-0.2, 0) is 0 Å². The van der Waals surface area contributed by atoms with E-state index in [1.165, 1.54) is 6.20 Å². The lowest BCUT2D eigenvalue weighted by molar-refractivity contribution is 0.102. The summed E-state index contributed by atoms with van der Waals surface area (Å²) >= 11 is 6.07. The van der Waals surface area contributed by atoms with Crippen LogP contribution in [0.1, 0.15) is 29.8 Å². The van der Waals surface area contributed by atoms with E-state index in [0.717, 1.165) is 11.1 Å². The van der Waals surface area contributed by atoms with Gasteiger partial charge in [-0.15, -0.1) is 0 Å². The number of pyridine rings is 1. The molecule has 5 heteroatoms. The SMILES string of the molecule is CC(C)(O)C#Cc1cccc(-c2ccccc2)c1NC(=O)c1cccnc1Cl. The Balaban J connectivity index is 2.11. The number of rotatable bonds is 3. The molecule has 0 aliphatic rings. The minimum absolute atomic E-state index is 0.126. The van der Waals surface area contributed by atoms with Crippen LogP contribution in [0.25, 0.3) is 11.1 Å². The minimum atomic E-state index is -1.16. The highest BCUT2D eigenvalue weighted by molar-refractivity contribution is 6.33. The molecule has 0 aliphatic carbocycles. The Hall–Kier alpha value is -3.13. The van der Waals surface area contributed by atoms with Crippen molar-refractivity contribution < 1.29 is 9.90 Å². The van der Waals surface area contributed by atoms with Gasteiger partial charge in [-0.2, -0.15) is 0 Å². The average Bonchev–Trinajstić information content (AvgIpc) is 2.67. The molecular weight excluding hydrogens is 372 g/mol. The highest BCUT2D eigenvalue weighted by Gasteiger charge is 2.16. The Morgan fingerprint density at radius 3 is 2.50 bits per heavy atom. The summed E-state index contributed by atoms with van der Waals surface area (Å²) in [6.07, 6.45) is 1.53. The molecule has 1 aromatic heterocycles. The highest BCUT2D eigenvalue weighted by atomic mass is 35.5. The van der Waals surface area contributed by atoms with Crippen LogP contribution in [0.15, 0.2) is 66.9 Å². The van der Waals surface area contributed by atoms with Crippen molar-refractivity contribution >= 4 is 23.2 Å². The standard InChI is InChI=1S/C23H19ClN2O2/c1-23(2,28)14-13-17-10-6-11-18(16-8-4-3-5-9-16)20(17)26-22(27)19-12-7-15-25-21(19)24/h3-12,15,28H,1-2H3,(H,26,27). The number of aliphatic hydroxyl groups is 1. The van der Waals surface area contributed by atoms with Crippen molar-refractivity contribution in [1.82, 2.24) is 4.98 Å². The summed E-state index contributed by atoms with van der Waals surface area (Å²) < 4.78 is 0. The Morgan fingerprint density at radius 2 is 1.82 bits per heavy atom. The fourth-order valence-corrected chi connectivity index (χ4v) is 2.81. The number of hydrogen-bond acceptors (Lipinski definition) is 3. The number of benzene rings is 2. The molecule has 3 rings (SSSR count). The molecule has 2 aromatic carbocycles. The number of hydrogen-bond donors (Lipinski definition) is 2. The predicted molar refractivity (Wildman–Crippen MR) is 112 cm³/mol. The summed E-state index contributed by atoms with van der Waals surface area (Å²) in [7, 11) is 0. The maximum Gasteiger partial charge on any atom is 0.258 e. The monoisotopic (exact) mass is 390 g/mol. The molecule has 0 unspecified atom stereocenters. The van der Waals surface area contributed by atoms with Crippen molar-refractivity contribution in [2.24, 2.45) is 0 Å². The van der Waals surface area contributed by atoms with Gasteiger partial charge >= 0.3 is 0 Å². The summed E-state index contributed by atoms with van der Waals surface area (Å²) in [6, 6.07) is 18.5. The molecule has 0 radical (unpaired) electrons. The predicted octanol–water partition coefficient (Wildman–Crippen LogP) is 4.78. The number of para-hydroxylation sites is 1. The zero-order chi connectivity index (χ0) is 20.1. The largest absolute Gasteiger partial charge is 0.378 e. The molecule has 2 N–H and O–H groups in total. The summed E-state index contributed by atoms with van der Waals surface area (Å²) in [6.45, 7) is 3.21. The van der Waals surface area contributed by atoms with E-state index in [0.29, 0.717) is 11.3 Å². The Bertz CT molecular complexity index is 1060. The first kappa shape index (κ1) is 19.6. The van der Waals surface area contributed by atoms with Crippen molar-refractivity contribution in [1.29, 1.82) is 0 Å². The maximum absolute atomic E-state index is 12.8. The third-order valence-electron chi connectivity index (χ3n) is 3.89. The molecule has 3 aromatic rings. The first-order valence-electron chi connectivity index (χ1n) is 8.71. The molecule has 0 spiro atoms. The number of nitrogens with one attached hydrogen (secondary N) is 1. The summed E-state index contributed by atoms with van der Waals surface area (Å²) in [5, 5.41) is 13.0. The third kappa shape index (κ3) is 4.77. The van der Waals surface area contributed by atoms with E-state index in [-0.39, 0.29) is 16.6 Å². The van der Waals surface area contributed by atoms with Gasteiger partial charge in [0.05, 0.1) is 11.3 Å². The van der Waals surface area contributed by atoms with Crippen molar-refractivity contribution in [3.63, 3.8) is 0 Å². The van der Waals surface area contributed by atoms with Gasteiger partial charge in [-0.3, -0.25) is 4.79 Å². The third-order valence-corrected chi connectivity index (χ3v) is 4.20. The minimum Gasteiger partial charge on any atom is -0.378 e. The topological polar surface area (TPSA) is 62.2 Å². The van der Waals surface area contributed by atoms with Crippen LogP contribution in [0, 0.1) is 11.8 Å². The normalized spacial score (nSPS) is 10.7. The lowest BCUT2D eigenvalue weighted by atomic mass is 9.99. The van der Waals surface area contributed by atoms with E-state index < -0.39 is 5.60 Å². The second-order valence-corrected chi connectivity index (χ2v) is 7.06. The second kappa shape index (κ2) is 8.26. The van der Waals surface area contributed by atoms with E-state index in [2.05, 4.69) is 22.1 Å². The molecule has 28 heavy (non-hydrogen) atoms. The van der Waals surface area contributed by atoms with Crippen LogP contribution >= 0.6 is 11.6 Å². The van der Waals surface area contributed by atoms with Gasteiger partial charge in [-0.1, -0.05) is 65.9 Å². The van der Waals surface area contributed by atoms with Gasteiger partial charge in [0, 0.05) is 17.3 Å². The van der Waals surface area contributed by atoms with Gasteiger partial charge in [0.25, 0.3) is 5.91 Å². The molecule has 1 heterocycles. The molecule has 0 bridgehead atoms. The van der Waals surface area contributed by atoms with E-state index in [4.69, 9.17) is 11.6 Å². The van der Waals surface area contributed by atoms with Crippen LogP contribution in [-0.4, -0.2) is 21.6 Å². The van der Waals surface area contributed by atoms with E-state index in [9.17, 15) is 9.90 Å². The van der Waals surface area contributed by atoms with Gasteiger partial charge in [-0.05, 0) is 37.6 Å². The molecule has 1 amide bonds. The number of nitrogens with zero attached hydrogens (tertiary/aromatic N) is 1. The van der Waals surface area contributed by atoms with E-state index in [1.54, 1.807) is 32.0 Å². The summed E-state index contributed by atoms with van der Waals surface area (Å²) in [5.74, 6) is 5.39. The smallest absolute Gasteiger partial charge is 0.258 e. The molecule has 140 valence electrons. The van der Waals surface area contributed by atoms with Crippen LogP contribution in [0.4, 0.5) is 5.69 Å². The number of carbonyl (C=O) groups is 1. The number of anilines is 1. The number of amides is 1. The zero-order valence-electron chi connectivity index (χ0n) is 15.5. The Kier molecular flexibility index (Phi) is 5.79. The molecule has 0 atom stereocenters. The lowest BCUT2D eigenvalue weighted by Crippen LogP contribution is -2.16. The van der Waals surface area contributed by atoms with E-state index >= 15 is 0 Å². The first-order chi connectivity index (χ1) is 13.3. The van der Waals surface area contributed by atoms with Crippen molar-refractivity contribution in [2.45, 2.75) is 19.4 Å². The molecule has 0 saturated heterocycles. The fourth-order valence-electron chi connectivity index (χ4n) is 2.61. The first-order valence-corrected chi connectivity index (χ1v) is 9.09. The summed E-state index contributed by atoms with van der Waals surface area (Å²) in [5.41, 5.74) is 2.01. The Morgan fingerprint density at radius 1 is 1.07 bits per heavy atom. The number of carbonyl (C=O) groups excluding carboxylic acids is 1. The van der Waals surface area contributed by atoms with Crippen LogP contribution in [0.5, 0.6) is 0 Å². The van der Waals surface area contributed by atoms with Crippen molar-refractivity contribution in [3.05, 3.63) is 83.1 Å². The van der Waals surface area contributed by atoms with Crippen LogP contribution in [0.2, 0.25) is 5.15 Å². The molecule has 0 fully saturated rings. The number of aromatic nitrogens is 1. The lowest BCUT2D eigenvalue weighted by Gasteiger charge is -2.15. The second-order valence-electron chi connectivity index (χ2n) is 6.70. The zero-order valence-corrected chi connectivity index (χ0v) is 16.3. The molecular formula is C23H19ClN2O2. The van der Waals surface area contributed by atoms with Gasteiger partial charge < -0.3 is 10.4 Å². The van der Waals surface area contributed by atoms with Gasteiger partial charge in [-0.25, -0.2) is 4.98 Å². The van der Waals surface area contributed by atoms with Crippen molar-refractivity contribution in [2.75, 3.05) is 5.32 Å². The summed E-state index contributed by atoms with van der Waals surface area (Å²) in [4.78, 5) is 16.8. The van der Waals surface area contributed by atoms with Gasteiger partial charge in [0.15, 0.2) is 0 Å². The van der Waals surface area contributed by atoms with Crippen LogP contribution in [0.3, 0.4) is 0 Å². The number of halogens is 1. The van der Waals surface area contributed by atoms with Gasteiger partial charge in [0.1, 0.15) is 10.8 Å². The quantitative estimate of drug-likeness (QED) is 0.500. The highest BCUT2D eigenvalue weighted by Crippen LogP contribution is 2.31.